The Morgan fingerprint density at radius 2 is 2.25 bits per heavy atom. The highest BCUT2D eigenvalue weighted by molar-refractivity contribution is 6.30. The predicted octanol–water partition coefficient (Wildman–Crippen LogP) is 1.41. The lowest BCUT2D eigenvalue weighted by molar-refractivity contribution is 0.0282. The first-order valence-corrected chi connectivity index (χ1v) is 7.27. The van der Waals surface area contributed by atoms with Crippen LogP contribution >= 0.6 is 11.6 Å². The van der Waals surface area contributed by atoms with Gasteiger partial charge in [-0.15, -0.1) is 0 Å². The Morgan fingerprint density at radius 3 is 2.90 bits per heavy atom. The number of pyridine rings is 1. The molecule has 0 aromatic carbocycles. The van der Waals surface area contributed by atoms with Crippen molar-refractivity contribution in [3.8, 4) is 0 Å². The van der Waals surface area contributed by atoms with Gasteiger partial charge in [0.2, 0.25) is 0 Å². The summed E-state index contributed by atoms with van der Waals surface area (Å²) in [6, 6.07) is 1.40. The summed E-state index contributed by atoms with van der Waals surface area (Å²) in [5.41, 5.74) is -0.563. The fraction of sp³-hybridized carbons (Fsp3) is 0.571. The Hall–Kier alpha value is -1.33. The first kappa shape index (κ1) is 13.6. The van der Waals surface area contributed by atoms with E-state index in [1.54, 1.807) is 4.90 Å². The van der Waals surface area contributed by atoms with E-state index >= 15 is 0 Å². The number of piperidine rings is 1. The maximum absolute atomic E-state index is 12.4. The topological polar surface area (TPSA) is 73.4 Å². The SMILES string of the molecule is O=C(c1c[nH]c(=O)c(Cl)c1)N1CCCC(C2(O)CC2)C1. The van der Waals surface area contributed by atoms with Crippen LogP contribution in [0.1, 0.15) is 36.0 Å². The Bertz CT molecular complexity index is 594. The van der Waals surface area contributed by atoms with E-state index in [1.165, 1.54) is 12.3 Å². The minimum Gasteiger partial charge on any atom is -0.390 e. The molecular weight excluding hydrogens is 280 g/mol. The molecule has 0 spiro atoms. The Morgan fingerprint density at radius 1 is 1.50 bits per heavy atom. The maximum Gasteiger partial charge on any atom is 0.266 e. The number of nitrogens with one attached hydrogen (secondary N) is 1. The summed E-state index contributed by atoms with van der Waals surface area (Å²) in [6.45, 7) is 1.26. The summed E-state index contributed by atoms with van der Waals surface area (Å²) in [5.74, 6) is 0.0236. The summed E-state index contributed by atoms with van der Waals surface area (Å²) in [5, 5.41) is 10.2. The number of nitrogens with zero attached hydrogens (tertiary/aromatic N) is 1. The van der Waals surface area contributed by atoms with Crippen molar-refractivity contribution in [3.63, 3.8) is 0 Å². The zero-order valence-corrected chi connectivity index (χ0v) is 11.8. The molecule has 0 radical (unpaired) electrons. The number of aromatic nitrogens is 1. The van der Waals surface area contributed by atoms with Crippen molar-refractivity contribution in [2.45, 2.75) is 31.3 Å². The number of carbonyl (C=O) groups excluding carboxylic acids is 1. The van der Waals surface area contributed by atoms with Gasteiger partial charge >= 0.3 is 0 Å². The van der Waals surface area contributed by atoms with Crippen molar-refractivity contribution in [1.29, 1.82) is 0 Å². The van der Waals surface area contributed by atoms with Gasteiger partial charge in [0.15, 0.2) is 0 Å². The fourth-order valence-electron chi connectivity index (χ4n) is 2.90. The highest BCUT2D eigenvalue weighted by atomic mass is 35.5. The summed E-state index contributed by atoms with van der Waals surface area (Å²) in [6.07, 6.45) is 4.93. The molecule has 1 saturated carbocycles. The molecule has 2 N–H and O–H groups in total. The Labute approximate surface area is 121 Å². The molecule has 1 unspecified atom stereocenters. The lowest BCUT2D eigenvalue weighted by Gasteiger charge is -2.35. The zero-order chi connectivity index (χ0) is 14.3. The summed E-state index contributed by atoms with van der Waals surface area (Å²) >= 11 is 5.75. The smallest absolute Gasteiger partial charge is 0.266 e. The maximum atomic E-state index is 12.4. The summed E-state index contributed by atoms with van der Waals surface area (Å²) in [7, 11) is 0. The molecule has 1 aliphatic carbocycles. The number of halogens is 1. The molecule has 0 bridgehead atoms. The van der Waals surface area contributed by atoms with Gasteiger partial charge in [0, 0.05) is 25.2 Å². The van der Waals surface area contributed by atoms with Gasteiger partial charge in [-0.3, -0.25) is 9.59 Å². The van der Waals surface area contributed by atoms with Crippen LogP contribution in [0.5, 0.6) is 0 Å². The monoisotopic (exact) mass is 296 g/mol. The second-order valence-corrected chi connectivity index (χ2v) is 6.17. The van der Waals surface area contributed by atoms with Crippen molar-refractivity contribution >= 4 is 17.5 Å². The fourth-order valence-corrected chi connectivity index (χ4v) is 3.07. The number of H-pyrrole nitrogens is 1. The van der Waals surface area contributed by atoms with E-state index in [2.05, 4.69) is 4.98 Å². The van der Waals surface area contributed by atoms with Crippen LogP contribution in [0.25, 0.3) is 0 Å². The van der Waals surface area contributed by atoms with E-state index in [9.17, 15) is 14.7 Å². The van der Waals surface area contributed by atoms with Crippen LogP contribution in [-0.2, 0) is 0 Å². The van der Waals surface area contributed by atoms with E-state index in [1.807, 2.05) is 0 Å². The van der Waals surface area contributed by atoms with Gasteiger partial charge in [-0.2, -0.15) is 0 Å². The van der Waals surface area contributed by atoms with Gasteiger partial charge in [0.1, 0.15) is 5.02 Å². The van der Waals surface area contributed by atoms with Gasteiger partial charge < -0.3 is 15.0 Å². The van der Waals surface area contributed by atoms with Crippen molar-refractivity contribution in [2.24, 2.45) is 5.92 Å². The van der Waals surface area contributed by atoms with Crippen LogP contribution < -0.4 is 5.56 Å². The quantitative estimate of drug-likeness (QED) is 0.866. The molecule has 1 aromatic heterocycles. The molecule has 1 saturated heterocycles. The van der Waals surface area contributed by atoms with Crippen LogP contribution in [0.3, 0.4) is 0 Å². The molecule has 5 nitrogen and oxygen atoms in total. The largest absolute Gasteiger partial charge is 0.390 e. The third-order valence-corrected chi connectivity index (χ3v) is 4.62. The molecule has 2 heterocycles. The number of amides is 1. The second kappa shape index (κ2) is 4.90. The van der Waals surface area contributed by atoms with Crippen molar-refractivity contribution < 1.29 is 9.90 Å². The molecule has 1 amide bonds. The number of aliphatic hydroxyl groups is 1. The highest BCUT2D eigenvalue weighted by Crippen LogP contribution is 2.45. The number of aromatic amines is 1. The average molecular weight is 297 g/mol. The number of carbonyl (C=O) groups is 1. The van der Waals surface area contributed by atoms with Crippen LogP contribution in [-0.4, -0.2) is 39.6 Å². The average Bonchev–Trinajstić information content (AvgIpc) is 3.21. The second-order valence-electron chi connectivity index (χ2n) is 5.76. The van der Waals surface area contributed by atoms with E-state index in [-0.39, 0.29) is 16.8 Å². The lowest BCUT2D eigenvalue weighted by atomic mass is 9.90. The first-order valence-electron chi connectivity index (χ1n) is 6.89. The van der Waals surface area contributed by atoms with E-state index < -0.39 is 11.2 Å². The molecule has 2 fully saturated rings. The lowest BCUT2D eigenvalue weighted by Crippen LogP contribution is -2.44. The van der Waals surface area contributed by atoms with E-state index in [4.69, 9.17) is 11.6 Å². The first-order chi connectivity index (χ1) is 9.49. The number of hydrogen-bond acceptors (Lipinski definition) is 3. The molecule has 1 aliphatic heterocycles. The zero-order valence-electron chi connectivity index (χ0n) is 11.1. The van der Waals surface area contributed by atoms with E-state index in [0.717, 1.165) is 25.7 Å². The summed E-state index contributed by atoms with van der Waals surface area (Å²) in [4.78, 5) is 27.8. The van der Waals surface area contributed by atoms with Crippen LogP contribution in [0.2, 0.25) is 5.02 Å². The van der Waals surface area contributed by atoms with Crippen LogP contribution in [0.15, 0.2) is 17.1 Å². The minimum absolute atomic E-state index is 0.0187. The Balaban J connectivity index is 1.76. The molecule has 1 atom stereocenters. The van der Waals surface area contributed by atoms with Gasteiger partial charge in [-0.25, -0.2) is 0 Å². The van der Waals surface area contributed by atoms with Gasteiger partial charge in [0.05, 0.1) is 11.2 Å². The van der Waals surface area contributed by atoms with Crippen LogP contribution in [0, 0.1) is 5.92 Å². The van der Waals surface area contributed by atoms with Crippen molar-refractivity contribution in [1.82, 2.24) is 9.88 Å². The molecule has 3 rings (SSSR count). The van der Waals surface area contributed by atoms with Crippen molar-refractivity contribution in [3.05, 3.63) is 33.2 Å². The molecule has 6 heteroatoms. The Kier molecular flexibility index (Phi) is 3.34. The normalized spacial score (nSPS) is 24.5. The van der Waals surface area contributed by atoms with Crippen molar-refractivity contribution in [2.75, 3.05) is 13.1 Å². The van der Waals surface area contributed by atoms with Gasteiger partial charge in [-0.1, -0.05) is 11.6 Å². The third-order valence-electron chi connectivity index (χ3n) is 4.34. The number of likely N-dealkylation sites (tertiary alicyclic amines) is 1. The van der Waals surface area contributed by atoms with Gasteiger partial charge in [0.25, 0.3) is 11.5 Å². The number of hydrogen-bond donors (Lipinski definition) is 2. The predicted molar refractivity (Wildman–Crippen MR) is 74.9 cm³/mol. The standard InChI is InChI=1S/C14H17ClN2O3/c15-11-6-9(7-16-12(11)18)13(19)17-5-1-2-10(8-17)14(20)3-4-14/h6-7,10,20H,1-5,8H2,(H,16,18). The summed E-state index contributed by atoms with van der Waals surface area (Å²) < 4.78 is 0. The molecule has 20 heavy (non-hydrogen) atoms. The highest BCUT2D eigenvalue weighted by Gasteiger charge is 2.49. The number of rotatable bonds is 2. The molecule has 108 valence electrons. The van der Waals surface area contributed by atoms with E-state index in [0.29, 0.717) is 18.7 Å². The molecule has 2 aliphatic rings. The van der Waals surface area contributed by atoms with Gasteiger partial charge in [-0.05, 0) is 31.7 Å². The molecular formula is C14H17ClN2O3. The minimum atomic E-state index is -0.554. The molecule has 1 aromatic rings. The third kappa shape index (κ3) is 2.47. The van der Waals surface area contributed by atoms with Crippen LogP contribution in [0.4, 0.5) is 0 Å².